The van der Waals surface area contributed by atoms with Crippen LogP contribution in [0.25, 0.3) is 0 Å². The monoisotopic (exact) mass is 411 g/mol. The van der Waals surface area contributed by atoms with E-state index in [2.05, 4.69) is 14.9 Å². The first-order chi connectivity index (χ1) is 12.8. The summed E-state index contributed by atoms with van der Waals surface area (Å²) >= 11 is 6.14. The first kappa shape index (κ1) is 19.9. The Balaban J connectivity index is 1.63. The molecule has 0 aliphatic carbocycles. The molecular weight excluding hydrogens is 390 g/mol. The van der Waals surface area contributed by atoms with Gasteiger partial charge in [-0.3, -0.25) is 0 Å². The molecule has 1 fully saturated rings. The molecule has 9 heteroatoms. The summed E-state index contributed by atoms with van der Waals surface area (Å²) in [5, 5.41) is 9.65. The lowest BCUT2D eigenvalue weighted by atomic mass is 10.1. The van der Waals surface area contributed by atoms with Crippen molar-refractivity contribution in [2.24, 2.45) is 0 Å². The highest BCUT2D eigenvalue weighted by molar-refractivity contribution is 7.90. The number of hydrogen-bond acceptors (Lipinski definition) is 7. The van der Waals surface area contributed by atoms with Crippen LogP contribution in [0.4, 0.5) is 5.82 Å². The summed E-state index contributed by atoms with van der Waals surface area (Å²) in [5.74, 6) is 1.71. The third-order valence-corrected chi connectivity index (χ3v) is 6.04. The van der Waals surface area contributed by atoms with Gasteiger partial charge in [-0.1, -0.05) is 11.6 Å². The second-order valence-corrected chi connectivity index (χ2v) is 8.96. The topological polar surface area (TPSA) is 92.6 Å². The standard InChI is InChI=1S/C18H22ClN3O4S/c1-12-17(19)20-16(11-23)21-18(12)22-9-7-14(8-10-22)26-13-3-5-15(6-4-13)27(2,24)25/h3-6,14,23H,7-11H2,1-2H3. The smallest absolute Gasteiger partial charge is 0.175 e. The molecule has 0 radical (unpaired) electrons. The van der Waals surface area contributed by atoms with Crippen LogP contribution in [0.3, 0.4) is 0 Å². The number of rotatable bonds is 5. The molecule has 7 nitrogen and oxygen atoms in total. The summed E-state index contributed by atoms with van der Waals surface area (Å²) in [6.07, 6.45) is 2.81. The van der Waals surface area contributed by atoms with E-state index in [-0.39, 0.29) is 17.6 Å². The van der Waals surface area contributed by atoms with Gasteiger partial charge >= 0.3 is 0 Å². The van der Waals surface area contributed by atoms with Gasteiger partial charge in [0.1, 0.15) is 29.4 Å². The van der Waals surface area contributed by atoms with Gasteiger partial charge in [0.05, 0.1) is 4.90 Å². The Kier molecular flexibility index (Phi) is 5.88. The maximum absolute atomic E-state index is 11.5. The summed E-state index contributed by atoms with van der Waals surface area (Å²) < 4.78 is 29.0. The Labute approximate surface area is 163 Å². The fraction of sp³-hybridized carbons (Fsp3) is 0.444. The van der Waals surface area contributed by atoms with Crippen molar-refractivity contribution in [2.45, 2.75) is 37.4 Å². The first-order valence-electron chi connectivity index (χ1n) is 8.63. The molecule has 1 aromatic carbocycles. The van der Waals surface area contributed by atoms with Crippen molar-refractivity contribution in [1.82, 2.24) is 9.97 Å². The lowest BCUT2D eigenvalue weighted by molar-refractivity contribution is 0.170. The van der Waals surface area contributed by atoms with E-state index in [4.69, 9.17) is 16.3 Å². The van der Waals surface area contributed by atoms with Crippen LogP contribution in [-0.4, -0.2) is 48.9 Å². The fourth-order valence-electron chi connectivity index (χ4n) is 3.04. The van der Waals surface area contributed by atoms with Crippen LogP contribution in [0.5, 0.6) is 5.75 Å². The number of anilines is 1. The molecule has 2 heterocycles. The third kappa shape index (κ3) is 4.69. The predicted molar refractivity (Wildman–Crippen MR) is 103 cm³/mol. The van der Waals surface area contributed by atoms with Crippen molar-refractivity contribution < 1.29 is 18.3 Å². The highest BCUT2D eigenvalue weighted by Gasteiger charge is 2.24. The SMILES string of the molecule is Cc1c(Cl)nc(CO)nc1N1CCC(Oc2ccc(S(C)(=O)=O)cc2)CC1. The van der Waals surface area contributed by atoms with E-state index in [9.17, 15) is 13.5 Å². The highest BCUT2D eigenvalue weighted by Crippen LogP contribution is 2.28. The van der Waals surface area contributed by atoms with Crippen LogP contribution in [0.2, 0.25) is 5.15 Å². The van der Waals surface area contributed by atoms with E-state index in [1.54, 1.807) is 24.3 Å². The molecule has 0 unspecified atom stereocenters. The quantitative estimate of drug-likeness (QED) is 0.755. The minimum absolute atomic E-state index is 0.0419. The van der Waals surface area contributed by atoms with Gasteiger partial charge in [-0.2, -0.15) is 0 Å². The Morgan fingerprint density at radius 3 is 2.41 bits per heavy atom. The number of aromatic nitrogens is 2. The van der Waals surface area contributed by atoms with Crippen LogP contribution < -0.4 is 9.64 Å². The number of aliphatic hydroxyl groups is 1. The molecule has 1 aliphatic heterocycles. The first-order valence-corrected chi connectivity index (χ1v) is 10.9. The lowest BCUT2D eigenvalue weighted by Gasteiger charge is -2.34. The number of halogens is 1. The average Bonchev–Trinajstić information content (AvgIpc) is 2.64. The minimum Gasteiger partial charge on any atom is -0.490 e. The molecule has 3 rings (SSSR count). The van der Waals surface area contributed by atoms with E-state index in [1.165, 1.54) is 6.26 Å². The van der Waals surface area contributed by atoms with Gasteiger partial charge < -0.3 is 14.7 Å². The van der Waals surface area contributed by atoms with Crippen molar-refractivity contribution >= 4 is 27.3 Å². The van der Waals surface area contributed by atoms with Crippen molar-refractivity contribution in [1.29, 1.82) is 0 Å². The minimum atomic E-state index is -3.21. The lowest BCUT2D eigenvalue weighted by Crippen LogP contribution is -2.39. The third-order valence-electron chi connectivity index (χ3n) is 4.54. The van der Waals surface area contributed by atoms with Gasteiger partial charge in [-0.05, 0) is 31.2 Å². The van der Waals surface area contributed by atoms with Crippen molar-refractivity contribution in [3.63, 3.8) is 0 Å². The van der Waals surface area contributed by atoms with Crippen molar-refractivity contribution in [2.75, 3.05) is 24.2 Å². The molecule has 1 aromatic heterocycles. The van der Waals surface area contributed by atoms with Gasteiger partial charge in [-0.15, -0.1) is 0 Å². The normalized spacial score (nSPS) is 15.8. The zero-order chi connectivity index (χ0) is 19.6. The highest BCUT2D eigenvalue weighted by atomic mass is 35.5. The van der Waals surface area contributed by atoms with Crippen LogP contribution in [-0.2, 0) is 16.4 Å². The fourth-order valence-corrected chi connectivity index (χ4v) is 3.85. The Morgan fingerprint density at radius 1 is 1.22 bits per heavy atom. The molecule has 27 heavy (non-hydrogen) atoms. The summed E-state index contributed by atoms with van der Waals surface area (Å²) in [4.78, 5) is 10.8. The molecule has 0 bridgehead atoms. The molecule has 0 amide bonds. The van der Waals surface area contributed by atoms with Crippen molar-refractivity contribution in [3.8, 4) is 5.75 Å². The van der Waals surface area contributed by atoms with Crippen LogP contribution in [0.1, 0.15) is 24.2 Å². The van der Waals surface area contributed by atoms with Crippen LogP contribution >= 0.6 is 11.6 Å². The molecule has 1 N–H and O–H groups in total. The average molecular weight is 412 g/mol. The zero-order valence-electron chi connectivity index (χ0n) is 15.2. The maximum atomic E-state index is 11.5. The number of piperidine rings is 1. The molecular formula is C18H22ClN3O4S. The molecule has 0 spiro atoms. The van der Waals surface area contributed by atoms with Gasteiger partial charge in [-0.25, -0.2) is 18.4 Å². The second kappa shape index (κ2) is 8.00. The van der Waals surface area contributed by atoms with Gasteiger partial charge in [0.2, 0.25) is 0 Å². The Morgan fingerprint density at radius 2 is 1.85 bits per heavy atom. The van der Waals surface area contributed by atoms with E-state index in [1.807, 2.05) is 6.92 Å². The number of benzene rings is 1. The Hall–Kier alpha value is -1.90. The number of ether oxygens (including phenoxy) is 1. The molecule has 146 valence electrons. The summed E-state index contributed by atoms with van der Waals surface area (Å²) in [5.41, 5.74) is 0.796. The van der Waals surface area contributed by atoms with Gasteiger partial charge in [0.15, 0.2) is 15.7 Å². The van der Waals surface area contributed by atoms with Gasteiger partial charge in [0, 0.05) is 37.8 Å². The predicted octanol–water partition coefficient (Wildman–Crippen LogP) is 2.38. The molecule has 0 saturated carbocycles. The number of sulfone groups is 1. The maximum Gasteiger partial charge on any atom is 0.175 e. The Bertz CT molecular complexity index is 911. The second-order valence-electron chi connectivity index (χ2n) is 6.59. The van der Waals surface area contributed by atoms with Crippen LogP contribution in [0, 0.1) is 6.92 Å². The zero-order valence-corrected chi connectivity index (χ0v) is 16.8. The van der Waals surface area contributed by atoms with Crippen LogP contribution in [0.15, 0.2) is 29.2 Å². The number of aliphatic hydroxyl groups excluding tert-OH is 1. The van der Waals surface area contributed by atoms with Gasteiger partial charge in [0.25, 0.3) is 0 Å². The number of hydrogen-bond donors (Lipinski definition) is 1. The molecule has 1 aliphatic rings. The summed E-state index contributed by atoms with van der Waals surface area (Å²) in [7, 11) is -3.21. The molecule has 1 saturated heterocycles. The summed E-state index contributed by atoms with van der Waals surface area (Å²) in [6, 6.07) is 6.49. The largest absolute Gasteiger partial charge is 0.490 e. The van der Waals surface area contributed by atoms with E-state index >= 15 is 0 Å². The summed E-state index contributed by atoms with van der Waals surface area (Å²) in [6.45, 7) is 3.09. The van der Waals surface area contributed by atoms with E-state index in [0.29, 0.717) is 16.7 Å². The van der Waals surface area contributed by atoms with E-state index < -0.39 is 9.84 Å². The number of nitrogens with zero attached hydrogens (tertiary/aromatic N) is 3. The van der Waals surface area contributed by atoms with E-state index in [0.717, 1.165) is 37.3 Å². The van der Waals surface area contributed by atoms with Crippen molar-refractivity contribution in [3.05, 3.63) is 40.8 Å². The molecule has 0 atom stereocenters. The molecule has 2 aromatic rings.